The van der Waals surface area contributed by atoms with Gasteiger partial charge in [-0.05, 0) is 76.1 Å². The maximum atomic E-state index is 13.5. The number of hydrogen-bond acceptors (Lipinski definition) is 4. The van der Waals surface area contributed by atoms with E-state index in [1.165, 1.54) is 11.1 Å². The Morgan fingerprint density at radius 3 is 2.62 bits per heavy atom. The van der Waals surface area contributed by atoms with E-state index in [0.717, 1.165) is 76.1 Å². The Morgan fingerprint density at radius 2 is 1.97 bits per heavy atom. The smallest absolute Gasteiger partial charge is 0.274 e. The number of amides is 1. The first kappa shape index (κ1) is 23.0. The summed E-state index contributed by atoms with van der Waals surface area (Å²) in [5.41, 5.74) is 5.40. The summed E-state index contributed by atoms with van der Waals surface area (Å²) < 4.78 is 5.88. The van der Waals surface area contributed by atoms with Crippen LogP contribution < -0.4 is 0 Å². The molecule has 3 heterocycles. The maximum absolute atomic E-state index is 13.5. The van der Waals surface area contributed by atoms with Gasteiger partial charge in [0.15, 0.2) is 5.69 Å². The van der Waals surface area contributed by atoms with E-state index in [1.54, 1.807) is 0 Å². The second kappa shape index (κ2) is 10.6. The van der Waals surface area contributed by atoms with Crippen molar-refractivity contribution in [2.75, 3.05) is 32.8 Å². The van der Waals surface area contributed by atoms with Crippen molar-refractivity contribution in [2.45, 2.75) is 65.5 Å². The molecule has 0 saturated carbocycles. The lowest BCUT2D eigenvalue weighted by Gasteiger charge is -2.35. The fourth-order valence-electron chi connectivity index (χ4n) is 5.08. The molecule has 2 saturated heterocycles. The van der Waals surface area contributed by atoms with Gasteiger partial charge in [-0.25, -0.2) is 0 Å². The molecule has 0 spiro atoms. The lowest BCUT2D eigenvalue weighted by molar-refractivity contribution is 0.0440. The lowest BCUT2D eigenvalue weighted by atomic mass is 9.95. The van der Waals surface area contributed by atoms with Crippen molar-refractivity contribution in [3.05, 3.63) is 52.3 Å². The van der Waals surface area contributed by atoms with Gasteiger partial charge in [0, 0.05) is 37.5 Å². The molecule has 6 nitrogen and oxygen atoms in total. The number of likely N-dealkylation sites (tertiary alicyclic amines) is 1. The zero-order valence-electron chi connectivity index (χ0n) is 19.9. The number of aryl methyl sites for hydroxylation is 2. The van der Waals surface area contributed by atoms with Crippen molar-refractivity contribution in [2.24, 2.45) is 5.92 Å². The van der Waals surface area contributed by atoms with Crippen LogP contribution in [0.4, 0.5) is 0 Å². The highest BCUT2D eigenvalue weighted by molar-refractivity contribution is 5.94. The number of H-pyrrole nitrogens is 1. The molecule has 1 atom stereocenters. The SMILES string of the molecule is CCc1[nH]nc(C(=O)N(CC2CCN(Cc3ccccc3C)CC2)C[C@H]2CCCO2)c1C. The van der Waals surface area contributed by atoms with Gasteiger partial charge < -0.3 is 9.64 Å². The lowest BCUT2D eigenvalue weighted by Crippen LogP contribution is -2.43. The topological polar surface area (TPSA) is 61.5 Å². The molecule has 2 fully saturated rings. The Hall–Kier alpha value is -2.18. The highest BCUT2D eigenvalue weighted by atomic mass is 16.5. The Kier molecular flexibility index (Phi) is 7.63. The molecule has 2 aromatic rings. The van der Waals surface area contributed by atoms with Crippen molar-refractivity contribution < 1.29 is 9.53 Å². The molecular weight excluding hydrogens is 400 g/mol. The molecule has 1 amide bonds. The van der Waals surface area contributed by atoms with Crippen LogP contribution in [0.1, 0.15) is 65.5 Å². The number of hydrogen-bond donors (Lipinski definition) is 1. The highest BCUT2D eigenvalue weighted by Crippen LogP contribution is 2.24. The normalized spacial score (nSPS) is 20.0. The maximum Gasteiger partial charge on any atom is 0.274 e. The monoisotopic (exact) mass is 438 g/mol. The van der Waals surface area contributed by atoms with E-state index in [9.17, 15) is 4.79 Å². The summed E-state index contributed by atoms with van der Waals surface area (Å²) in [4.78, 5) is 18.1. The van der Waals surface area contributed by atoms with Crippen LogP contribution in [-0.2, 0) is 17.7 Å². The largest absolute Gasteiger partial charge is 0.376 e. The van der Waals surface area contributed by atoms with E-state index < -0.39 is 0 Å². The van der Waals surface area contributed by atoms with Gasteiger partial charge in [-0.15, -0.1) is 0 Å². The Bertz CT molecular complexity index is 895. The molecule has 32 heavy (non-hydrogen) atoms. The predicted molar refractivity (Wildman–Crippen MR) is 127 cm³/mol. The third-order valence-electron chi connectivity index (χ3n) is 7.24. The minimum Gasteiger partial charge on any atom is -0.376 e. The molecule has 1 aromatic carbocycles. The standard InChI is InChI=1S/C26H38N4O2/c1-4-24-20(3)25(28-27-24)26(31)30(18-23-10-7-15-32-23)16-21-11-13-29(14-12-21)17-22-9-6-5-8-19(22)2/h5-6,8-9,21,23H,4,7,10-18H2,1-3H3,(H,27,28)/t23-/m1/s1. The number of carbonyl (C=O) groups excluding carboxylic acids is 1. The van der Waals surface area contributed by atoms with Crippen molar-refractivity contribution >= 4 is 5.91 Å². The number of ether oxygens (including phenoxy) is 1. The zero-order valence-corrected chi connectivity index (χ0v) is 19.9. The van der Waals surface area contributed by atoms with E-state index >= 15 is 0 Å². The van der Waals surface area contributed by atoms with Crippen LogP contribution in [0.25, 0.3) is 0 Å². The number of aromatic amines is 1. The number of rotatable bonds is 8. The van der Waals surface area contributed by atoms with Gasteiger partial charge in [-0.2, -0.15) is 5.10 Å². The van der Waals surface area contributed by atoms with Crippen LogP contribution in [0.5, 0.6) is 0 Å². The van der Waals surface area contributed by atoms with Crippen LogP contribution in [0.15, 0.2) is 24.3 Å². The van der Waals surface area contributed by atoms with Crippen molar-refractivity contribution in [1.29, 1.82) is 0 Å². The Balaban J connectivity index is 1.38. The Morgan fingerprint density at radius 1 is 1.19 bits per heavy atom. The molecule has 6 heteroatoms. The molecule has 1 N–H and O–H groups in total. The molecule has 0 bridgehead atoms. The number of carbonyl (C=O) groups is 1. The predicted octanol–water partition coefficient (Wildman–Crippen LogP) is 4.12. The van der Waals surface area contributed by atoms with Gasteiger partial charge >= 0.3 is 0 Å². The fraction of sp³-hybridized carbons (Fsp3) is 0.615. The van der Waals surface area contributed by atoms with E-state index in [2.05, 4.69) is 53.2 Å². The third kappa shape index (κ3) is 5.41. The van der Waals surface area contributed by atoms with Crippen LogP contribution in [0.2, 0.25) is 0 Å². The fourth-order valence-corrected chi connectivity index (χ4v) is 5.08. The molecule has 2 aliphatic rings. The van der Waals surface area contributed by atoms with Gasteiger partial charge in [-0.3, -0.25) is 14.8 Å². The molecular formula is C26H38N4O2. The number of nitrogens with zero attached hydrogens (tertiary/aromatic N) is 3. The third-order valence-corrected chi connectivity index (χ3v) is 7.24. The summed E-state index contributed by atoms with van der Waals surface area (Å²) in [5.74, 6) is 0.578. The number of piperidine rings is 1. The van der Waals surface area contributed by atoms with Gasteiger partial charge in [-0.1, -0.05) is 31.2 Å². The molecule has 0 unspecified atom stereocenters. The quantitative estimate of drug-likeness (QED) is 0.673. The van der Waals surface area contributed by atoms with Crippen LogP contribution in [-0.4, -0.2) is 64.8 Å². The first-order valence-corrected chi connectivity index (χ1v) is 12.3. The van der Waals surface area contributed by atoms with E-state index in [-0.39, 0.29) is 12.0 Å². The van der Waals surface area contributed by atoms with Gasteiger partial charge in [0.05, 0.1) is 6.10 Å². The highest BCUT2D eigenvalue weighted by Gasteiger charge is 2.30. The summed E-state index contributed by atoms with van der Waals surface area (Å²) in [5, 5.41) is 7.43. The summed E-state index contributed by atoms with van der Waals surface area (Å²) in [6, 6.07) is 8.66. The molecule has 0 radical (unpaired) electrons. The average Bonchev–Trinajstić information content (AvgIpc) is 3.45. The minimum absolute atomic E-state index is 0.0521. The molecule has 4 rings (SSSR count). The summed E-state index contributed by atoms with van der Waals surface area (Å²) >= 11 is 0. The van der Waals surface area contributed by atoms with Crippen LogP contribution in [0, 0.1) is 19.8 Å². The van der Waals surface area contributed by atoms with E-state index in [0.29, 0.717) is 18.2 Å². The summed E-state index contributed by atoms with van der Waals surface area (Å²) in [7, 11) is 0. The second-order valence-corrected chi connectivity index (χ2v) is 9.52. The summed E-state index contributed by atoms with van der Waals surface area (Å²) in [6.45, 7) is 11.8. The molecule has 0 aliphatic carbocycles. The number of aromatic nitrogens is 2. The average molecular weight is 439 g/mol. The first-order valence-electron chi connectivity index (χ1n) is 12.3. The van der Waals surface area contributed by atoms with Crippen molar-refractivity contribution in [3.63, 3.8) is 0 Å². The second-order valence-electron chi connectivity index (χ2n) is 9.52. The van der Waals surface area contributed by atoms with Gasteiger partial charge in [0.25, 0.3) is 5.91 Å². The van der Waals surface area contributed by atoms with Crippen molar-refractivity contribution in [3.8, 4) is 0 Å². The van der Waals surface area contributed by atoms with E-state index in [4.69, 9.17) is 4.74 Å². The van der Waals surface area contributed by atoms with Gasteiger partial charge in [0.1, 0.15) is 0 Å². The van der Waals surface area contributed by atoms with Crippen LogP contribution >= 0.6 is 0 Å². The Labute approximate surface area is 192 Å². The zero-order chi connectivity index (χ0) is 22.5. The molecule has 1 aromatic heterocycles. The number of benzene rings is 1. The number of nitrogens with one attached hydrogen (secondary N) is 1. The first-order chi connectivity index (χ1) is 15.5. The van der Waals surface area contributed by atoms with Crippen molar-refractivity contribution in [1.82, 2.24) is 20.0 Å². The minimum atomic E-state index is 0.0521. The van der Waals surface area contributed by atoms with E-state index in [1.807, 2.05) is 11.8 Å². The van der Waals surface area contributed by atoms with Crippen LogP contribution in [0.3, 0.4) is 0 Å². The molecule has 2 aliphatic heterocycles. The molecule has 174 valence electrons. The summed E-state index contributed by atoms with van der Waals surface area (Å²) in [6.07, 6.45) is 5.40. The van der Waals surface area contributed by atoms with Gasteiger partial charge in [0.2, 0.25) is 0 Å².